The number of allylic oxidation sites excluding steroid dienone is 2. The van der Waals surface area contributed by atoms with Crippen molar-refractivity contribution >= 4 is 23.5 Å². The van der Waals surface area contributed by atoms with E-state index in [2.05, 4.69) is 0 Å². The molecule has 6 rings (SSSR count). The molecule has 0 N–H and O–H groups in total. The van der Waals surface area contributed by atoms with Crippen LogP contribution in [0.15, 0.2) is 23.3 Å². The summed E-state index contributed by atoms with van der Waals surface area (Å²) in [5.74, 6) is -1.85. The molecule has 0 saturated heterocycles. The summed E-state index contributed by atoms with van der Waals surface area (Å²) in [5.41, 5.74) is 0.851. The van der Waals surface area contributed by atoms with E-state index in [0.29, 0.717) is 11.1 Å². The molecule has 130 valence electrons. The Hall–Kier alpha value is -2.24. The zero-order valence-corrected chi connectivity index (χ0v) is 13.9. The molecule has 6 aliphatic carbocycles. The molecular formula is C19H18O6. The van der Waals surface area contributed by atoms with Crippen LogP contribution in [-0.2, 0) is 28.7 Å². The Morgan fingerprint density at radius 2 is 1.24 bits per heavy atom. The Kier molecular flexibility index (Phi) is 2.82. The monoisotopic (exact) mass is 342 g/mol. The van der Waals surface area contributed by atoms with E-state index in [1.807, 2.05) is 12.2 Å². The zero-order valence-electron chi connectivity index (χ0n) is 13.9. The molecule has 0 heterocycles. The van der Waals surface area contributed by atoms with Gasteiger partial charge in [-0.3, -0.25) is 9.59 Å². The normalized spacial score (nSPS) is 45.2. The number of ketones is 2. The molecule has 3 fully saturated rings. The summed E-state index contributed by atoms with van der Waals surface area (Å²) in [5, 5.41) is 0. The molecule has 6 heteroatoms. The fraction of sp³-hybridized carbons (Fsp3) is 0.579. The van der Waals surface area contributed by atoms with E-state index in [1.165, 1.54) is 14.2 Å². The number of rotatable bonds is 2. The number of hydrogen-bond donors (Lipinski definition) is 0. The molecule has 0 aliphatic heterocycles. The highest BCUT2D eigenvalue weighted by atomic mass is 16.5. The van der Waals surface area contributed by atoms with E-state index in [-0.39, 0.29) is 58.9 Å². The molecule has 25 heavy (non-hydrogen) atoms. The number of ether oxygens (including phenoxy) is 2. The van der Waals surface area contributed by atoms with E-state index in [9.17, 15) is 19.2 Å². The summed E-state index contributed by atoms with van der Waals surface area (Å²) in [7, 11) is 2.61. The van der Waals surface area contributed by atoms with E-state index in [0.717, 1.165) is 6.42 Å². The van der Waals surface area contributed by atoms with E-state index < -0.39 is 11.9 Å². The standard InChI is InChI=1S/C19H18O6/c1-24-18(22)14-12-8-5-9(13(12)15(14)19(23)25-2)11-7-4-3-6(10(8)11)16(20)17(7)21/h3-4,6-13H,5H2,1-2H3/t6-,7+,8+,9-,10?,11?,12?,13?. The summed E-state index contributed by atoms with van der Waals surface area (Å²) >= 11 is 0. The zero-order chi connectivity index (χ0) is 17.6. The van der Waals surface area contributed by atoms with Crippen LogP contribution < -0.4 is 0 Å². The minimum atomic E-state index is -0.482. The van der Waals surface area contributed by atoms with Crippen molar-refractivity contribution in [3.05, 3.63) is 23.3 Å². The van der Waals surface area contributed by atoms with Gasteiger partial charge in [0.05, 0.1) is 25.4 Å². The van der Waals surface area contributed by atoms with Crippen LogP contribution in [0.2, 0.25) is 0 Å². The van der Waals surface area contributed by atoms with Crippen LogP contribution >= 0.6 is 0 Å². The van der Waals surface area contributed by atoms with Crippen LogP contribution in [0.4, 0.5) is 0 Å². The van der Waals surface area contributed by atoms with Gasteiger partial charge in [0.2, 0.25) is 11.6 Å². The average Bonchev–Trinajstić information content (AvgIpc) is 3.12. The number of esters is 2. The van der Waals surface area contributed by atoms with E-state index >= 15 is 0 Å². The lowest BCUT2D eigenvalue weighted by Gasteiger charge is -2.53. The first-order valence-corrected chi connectivity index (χ1v) is 8.68. The predicted molar refractivity (Wildman–Crippen MR) is 82.7 cm³/mol. The first kappa shape index (κ1) is 15.0. The summed E-state index contributed by atoms with van der Waals surface area (Å²) in [6.07, 6.45) is 4.61. The van der Waals surface area contributed by atoms with E-state index in [1.54, 1.807) is 0 Å². The smallest absolute Gasteiger partial charge is 0.334 e. The van der Waals surface area contributed by atoms with Crippen LogP contribution in [0.1, 0.15) is 6.42 Å². The minimum absolute atomic E-state index is 0.0524. The van der Waals surface area contributed by atoms with Crippen molar-refractivity contribution in [2.75, 3.05) is 14.2 Å². The highest BCUT2D eigenvalue weighted by Crippen LogP contribution is 2.72. The van der Waals surface area contributed by atoms with E-state index in [4.69, 9.17) is 9.47 Å². The third-order valence-electron chi connectivity index (χ3n) is 7.26. The molecule has 6 aliphatic rings. The molecule has 0 spiro atoms. The predicted octanol–water partition coefficient (Wildman–Crippen LogP) is 0.711. The first-order valence-electron chi connectivity index (χ1n) is 8.68. The van der Waals surface area contributed by atoms with Gasteiger partial charge < -0.3 is 9.47 Å². The van der Waals surface area contributed by atoms with Gasteiger partial charge in [-0.1, -0.05) is 12.2 Å². The molecule has 0 radical (unpaired) electrons. The van der Waals surface area contributed by atoms with Crippen LogP contribution in [0.5, 0.6) is 0 Å². The third-order valence-corrected chi connectivity index (χ3v) is 7.26. The fourth-order valence-corrected chi connectivity index (χ4v) is 6.63. The highest BCUT2D eigenvalue weighted by molar-refractivity contribution is 6.41. The Balaban J connectivity index is 1.60. The minimum Gasteiger partial charge on any atom is -0.466 e. The van der Waals surface area contributed by atoms with Gasteiger partial charge in [0.25, 0.3) is 0 Å². The molecule has 0 aromatic carbocycles. The van der Waals surface area contributed by atoms with Gasteiger partial charge >= 0.3 is 11.9 Å². The first-order chi connectivity index (χ1) is 12.0. The summed E-state index contributed by atoms with van der Waals surface area (Å²) in [6, 6.07) is 0. The van der Waals surface area contributed by atoms with Crippen LogP contribution in [0.3, 0.4) is 0 Å². The summed E-state index contributed by atoms with van der Waals surface area (Å²) in [4.78, 5) is 49.2. The molecule has 0 aromatic heterocycles. The molecule has 0 aromatic rings. The topological polar surface area (TPSA) is 86.7 Å². The second-order valence-corrected chi connectivity index (χ2v) is 7.75. The van der Waals surface area contributed by atoms with Gasteiger partial charge in [-0.25, -0.2) is 9.59 Å². The van der Waals surface area contributed by atoms with Crippen LogP contribution in [0.25, 0.3) is 0 Å². The highest BCUT2D eigenvalue weighted by Gasteiger charge is 2.71. The second kappa shape index (κ2) is 4.68. The third kappa shape index (κ3) is 1.52. The van der Waals surface area contributed by atoms with Crippen molar-refractivity contribution in [2.24, 2.45) is 47.3 Å². The number of carbonyl (C=O) groups excluding carboxylic acids is 4. The van der Waals surface area contributed by atoms with Crippen molar-refractivity contribution in [1.29, 1.82) is 0 Å². The average molecular weight is 342 g/mol. The molecule has 4 bridgehead atoms. The van der Waals surface area contributed by atoms with Crippen molar-refractivity contribution < 1.29 is 28.7 Å². The van der Waals surface area contributed by atoms with Crippen molar-refractivity contribution in [1.82, 2.24) is 0 Å². The number of methoxy groups -OCH3 is 2. The Morgan fingerprint density at radius 1 is 0.840 bits per heavy atom. The summed E-state index contributed by atoms with van der Waals surface area (Å²) in [6.45, 7) is 0. The molecular weight excluding hydrogens is 324 g/mol. The van der Waals surface area contributed by atoms with Gasteiger partial charge in [-0.05, 0) is 30.1 Å². The largest absolute Gasteiger partial charge is 0.466 e. The Labute approximate surface area is 144 Å². The number of hydrogen-bond acceptors (Lipinski definition) is 6. The van der Waals surface area contributed by atoms with Crippen molar-refractivity contribution in [2.45, 2.75) is 6.42 Å². The number of Topliss-reactive ketones (excluding diaryl/α,β-unsaturated/α-hetero) is 2. The molecule has 0 amide bonds. The lowest BCUT2D eigenvalue weighted by atomic mass is 9.48. The second-order valence-electron chi connectivity index (χ2n) is 7.75. The molecule has 6 nitrogen and oxygen atoms in total. The molecule has 3 saturated carbocycles. The van der Waals surface area contributed by atoms with Crippen LogP contribution in [0, 0.1) is 47.3 Å². The Bertz CT molecular complexity index is 741. The molecule has 4 unspecified atom stereocenters. The maximum Gasteiger partial charge on any atom is 0.334 e. The lowest BCUT2D eigenvalue weighted by Crippen LogP contribution is -2.57. The lowest BCUT2D eigenvalue weighted by molar-refractivity contribution is -0.152. The number of fused-ring (bicyclic) bond motifs is 6. The summed E-state index contributed by atoms with van der Waals surface area (Å²) < 4.78 is 9.78. The van der Waals surface area contributed by atoms with Crippen molar-refractivity contribution in [3.63, 3.8) is 0 Å². The maximum atomic E-state index is 12.3. The van der Waals surface area contributed by atoms with Gasteiger partial charge in [-0.15, -0.1) is 0 Å². The van der Waals surface area contributed by atoms with Crippen LogP contribution in [-0.4, -0.2) is 37.7 Å². The SMILES string of the molecule is COC(=O)C1=C(C(=O)OC)C2C1[C@H]1C[C@@H]2C2C1[C@H]1C=C[C@@H]2C(=O)C1=O. The fourth-order valence-electron chi connectivity index (χ4n) is 6.63. The number of carbonyl (C=O) groups is 4. The Morgan fingerprint density at radius 3 is 1.60 bits per heavy atom. The van der Waals surface area contributed by atoms with Gasteiger partial charge in [0.15, 0.2) is 0 Å². The molecule has 8 atom stereocenters. The quantitative estimate of drug-likeness (QED) is 0.417. The van der Waals surface area contributed by atoms with Crippen molar-refractivity contribution in [3.8, 4) is 0 Å². The van der Waals surface area contributed by atoms with Gasteiger partial charge in [0, 0.05) is 23.7 Å². The van der Waals surface area contributed by atoms with Gasteiger partial charge in [-0.2, -0.15) is 0 Å². The maximum absolute atomic E-state index is 12.3. The van der Waals surface area contributed by atoms with Gasteiger partial charge in [0.1, 0.15) is 0 Å².